The number of fused-ring (bicyclic) bond motifs is 2. The number of carbonyl (C=O) groups excluding carboxylic acids is 1. The highest BCUT2D eigenvalue weighted by molar-refractivity contribution is 5.89. The third kappa shape index (κ3) is 5.71. The fraction of sp³-hybridized carbons (Fsp3) is 0.300. The number of alkyl halides is 5. The van der Waals surface area contributed by atoms with E-state index in [1.54, 1.807) is 19.1 Å². The average Bonchev–Trinajstić information content (AvgIpc) is 3.54. The van der Waals surface area contributed by atoms with Crippen LogP contribution in [0.2, 0.25) is 0 Å². The second-order valence-electron chi connectivity index (χ2n) is 10.1. The van der Waals surface area contributed by atoms with Crippen molar-refractivity contribution in [2.45, 2.75) is 50.9 Å². The van der Waals surface area contributed by atoms with E-state index >= 15 is 0 Å². The van der Waals surface area contributed by atoms with Gasteiger partial charge in [0.05, 0.1) is 24.1 Å². The summed E-state index contributed by atoms with van der Waals surface area (Å²) < 4.78 is 96.1. The van der Waals surface area contributed by atoms with Crippen LogP contribution >= 0.6 is 0 Å². The summed E-state index contributed by atoms with van der Waals surface area (Å²) in [7, 11) is 1.26. The van der Waals surface area contributed by atoms with E-state index in [0.29, 0.717) is 29.7 Å². The highest BCUT2D eigenvalue weighted by Crippen LogP contribution is 2.44. The molecule has 2 atom stereocenters. The smallest absolute Gasteiger partial charge is 0.484 e. The molecular weight excluding hydrogens is 593 g/mol. The molecule has 0 fully saturated rings. The highest BCUT2D eigenvalue weighted by Gasteiger charge is 2.44. The van der Waals surface area contributed by atoms with Gasteiger partial charge in [0.1, 0.15) is 18.0 Å². The topological polar surface area (TPSA) is 93.9 Å². The van der Waals surface area contributed by atoms with Crippen LogP contribution in [0.25, 0.3) is 5.69 Å². The monoisotopic (exact) mass is 617 g/mol. The number of nitrogens with zero attached hydrogens (tertiary/aromatic N) is 3. The predicted octanol–water partition coefficient (Wildman–Crippen LogP) is 6.99. The number of ether oxygens (including phenoxy) is 5. The van der Waals surface area contributed by atoms with Gasteiger partial charge in [-0.3, -0.25) is 0 Å². The molecule has 4 aromatic rings. The minimum absolute atomic E-state index is 0.0322. The van der Waals surface area contributed by atoms with Gasteiger partial charge in [0.15, 0.2) is 17.2 Å². The molecule has 44 heavy (non-hydrogen) atoms. The first-order valence-electron chi connectivity index (χ1n) is 13.5. The summed E-state index contributed by atoms with van der Waals surface area (Å²) >= 11 is 0. The van der Waals surface area contributed by atoms with Crippen LogP contribution < -0.4 is 18.9 Å². The Bertz CT molecular complexity index is 1710. The molecule has 2 aromatic heterocycles. The number of hydrogen-bond acceptors (Lipinski definition) is 8. The van der Waals surface area contributed by atoms with Gasteiger partial charge in [0.2, 0.25) is 5.88 Å². The molecule has 0 unspecified atom stereocenters. The summed E-state index contributed by atoms with van der Waals surface area (Å²) in [6, 6.07) is 13.2. The van der Waals surface area contributed by atoms with Gasteiger partial charge in [0.25, 0.3) is 0 Å². The molecule has 6 rings (SSSR count). The molecule has 0 saturated carbocycles. The van der Waals surface area contributed by atoms with E-state index in [9.17, 15) is 26.7 Å². The van der Waals surface area contributed by atoms with Gasteiger partial charge in [-0.05, 0) is 74.2 Å². The standard InChI is InChI=1S/C30H24F5N3O6/c1-16(18-8-11-22-24(14-18)44-30(34,35)43-22)41-25-15-19(12-13-36-25)38-26-21(27(37-38)29(31,32)33)4-3-5-23(26)42-20-9-6-17(7-10-20)28(39)40-2/h6-16,23H,3-5H2,1-2H3/t16-,23+/m0/s1. The van der Waals surface area contributed by atoms with Crippen LogP contribution in [0.3, 0.4) is 0 Å². The van der Waals surface area contributed by atoms with E-state index < -0.39 is 36.3 Å². The van der Waals surface area contributed by atoms with Gasteiger partial charge in [-0.25, -0.2) is 14.5 Å². The number of esters is 1. The Kier molecular flexibility index (Phi) is 7.30. The molecule has 0 amide bonds. The maximum absolute atomic E-state index is 14.1. The average molecular weight is 618 g/mol. The number of benzene rings is 2. The van der Waals surface area contributed by atoms with Crippen molar-refractivity contribution in [3.63, 3.8) is 0 Å². The van der Waals surface area contributed by atoms with Crippen molar-refractivity contribution in [1.29, 1.82) is 0 Å². The number of halogens is 5. The van der Waals surface area contributed by atoms with Gasteiger partial charge in [-0.1, -0.05) is 6.07 Å². The lowest BCUT2D eigenvalue weighted by molar-refractivity contribution is -0.286. The molecule has 2 aliphatic rings. The molecule has 0 radical (unpaired) electrons. The second kappa shape index (κ2) is 11.0. The van der Waals surface area contributed by atoms with Gasteiger partial charge in [0, 0.05) is 17.8 Å². The summed E-state index contributed by atoms with van der Waals surface area (Å²) in [5, 5.41) is 3.97. The van der Waals surface area contributed by atoms with Crippen molar-refractivity contribution < 1.29 is 50.4 Å². The predicted molar refractivity (Wildman–Crippen MR) is 142 cm³/mol. The first kappa shape index (κ1) is 29.2. The van der Waals surface area contributed by atoms with Crippen molar-refractivity contribution in [3.8, 4) is 28.8 Å². The normalized spacial score (nSPS) is 17.5. The van der Waals surface area contributed by atoms with Gasteiger partial charge in [-0.2, -0.15) is 18.3 Å². The summed E-state index contributed by atoms with van der Waals surface area (Å²) in [4.78, 5) is 16.0. The first-order chi connectivity index (χ1) is 20.9. The molecular formula is C30H24F5N3O6. The highest BCUT2D eigenvalue weighted by atomic mass is 19.4. The zero-order chi connectivity index (χ0) is 31.2. The van der Waals surface area contributed by atoms with E-state index in [0.717, 1.165) is 0 Å². The van der Waals surface area contributed by atoms with Crippen molar-refractivity contribution in [3.05, 3.63) is 88.9 Å². The molecule has 0 N–H and O–H groups in total. The van der Waals surface area contributed by atoms with Crippen LogP contribution in [0.4, 0.5) is 22.0 Å². The van der Waals surface area contributed by atoms with E-state index in [1.807, 2.05) is 0 Å². The molecule has 9 nitrogen and oxygen atoms in total. The summed E-state index contributed by atoms with van der Waals surface area (Å²) in [5.41, 5.74) is 0.278. The Labute approximate surface area is 247 Å². The van der Waals surface area contributed by atoms with Crippen LogP contribution in [0.1, 0.15) is 64.8 Å². The lowest BCUT2D eigenvalue weighted by atomic mass is 9.93. The quantitative estimate of drug-likeness (QED) is 0.162. The molecule has 0 saturated heterocycles. The molecule has 1 aliphatic heterocycles. The second-order valence-corrected chi connectivity index (χ2v) is 10.1. The van der Waals surface area contributed by atoms with E-state index in [1.165, 1.54) is 60.5 Å². The van der Waals surface area contributed by atoms with Crippen LogP contribution in [0.15, 0.2) is 60.8 Å². The minimum Gasteiger partial charge on any atom is -0.484 e. The maximum Gasteiger partial charge on any atom is 0.586 e. The fourth-order valence-electron chi connectivity index (χ4n) is 5.20. The SMILES string of the molecule is COC(=O)c1ccc(O[C@@H]2CCCc3c(C(F)(F)F)nn(-c4ccnc(O[C@@H](C)c5ccc6c(c5)OC(F)(F)O6)c4)c32)cc1. The lowest BCUT2D eigenvalue weighted by Crippen LogP contribution is -2.25. The van der Waals surface area contributed by atoms with Crippen molar-refractivity contribution in [1.82, 2.24) is 14.8 Å². The van der Waals surface area contributed by atoms with Crippen molar-refractivity contribution in [2.75, 3.05) is 7.11 Å². The molecule has 1 aliphatic carbocycles. The van der Waals surface area contributed by atoms with Crippen LogP contribution in [0.5, 0.6) is 23.1 Å². The zero-order valence-corrected chi connectivity index (χ0v) is 23.2. The van der Waals surface area contributed by atoms with Crippen molar-refractivity contribution >= 4 is 5.97 Å². The lowest BCUT2D eigenvalue weighted by Gasteiger charge is -2.26. The van der Waals surface area contributed by atoms with E-state index in [4.69, 9.17) is 14.2 Å². The maximum atomic E-state index is 14.1. The Balaban J connectivity index is 1.30. The van der Waals surface area contributed by atoms with Crippen molar-refractivity contribution in [2.24, 2.45) is 0 Å². The number of rotatable bonds is 7. The fourth-order valence-corrected chi connectivity index (χ4v) is 5.20. The molecule has 0 spiro atoms. The van der Waals surface area contributed by atoms with E-state index in [-0.39, 0.29) is 40.7 Å². The Morgan fingerprint density at radius 1 is 1.07 bits per heavy atom. The van der Waals surface area contributed by atoms with Gasteiger partial charge < -0.3 is 23.7 Å². The largest absolute Gasteiger partial charge is 0.586 e. The Hall–Kier alpha value is -4.88. The summed E-state index contributed by atoms with van der Waals surface area (Å²) in [5.74, 6) is -0.396. The molecule has 2 aromatic carbocycles. The van der Waals surface area contributed by atoms with Gasteiger partial charge >= 0.3 is 18.4 Å². The number of methoxy groups -OCH3 is 1. The Morgan fingerprint density at radius 3 is 2.55 bits per heavy atom. The Morgan fingerprint density at radius 2 is 1.82 bits per heavy atom. The first-order valence-corrected chi connectivity index (χ1v) is 13.5. The third-order valence-corrected chi connectivity index (χ3v) is 7.20. The van der Waals surface area contributed by atoms with Crippen LogP contribution in [-0.2, 0) is 17.3 Å². The van der Waals surface area contributed by atoms with Crippen LogP contribution in [-0.4, -0.2) is 34.1 Å². The van der Waals surface area contributed by atoms with Crippen LogP contribution in [0, 0.1) is 0 Å². The minimum atomic E-state index is -4.71. The number of carbonyl (C=O) groups is 1. The van der Waals surface area contributed by atoms with Gasteiger partial charge in [-0.15, -0.1) is 8.78 Å². The molecule has 14 heteroatoms. The summed E-state index contributed by atoms with van der Waals surface area (Å²) in [6.45, 7) is 1.65. The number of aromatic nitrogens is 3. The van der Waals surface area contributed by atoms with E-state index in [2.05, 4.69) is 19.6 Å². The molecule has 0 bridgehead atoms. The molecule has 230 valence electrons. The third-order valence-electron chi connectivity index (χ3n) is 7.20. The zero-order valence-electron chi connectivity index (χ0n) is 23.2. The molecule has 3 heterocycles. The number of pyridine rings is 1. The summed E-state index contributed by atoms with van der Waals surface area (Å²) in [6.07, 6.45) is -7.59. The number of hydrogen-bond donors (Lipinski definition) is 0.